The molecule has 0 radical (unpaired) electrons. The zero-order chi connectivity index (χ0) is 12.1. The molecule has 2 amide bonds. The molecule has 0 aromatic carbocycles. The third-order valence-electron chi connectivity index (χ3n) is 2.56. The molecule has 0 aliphatic carbocycles. The minimum Gasteiger partial charge on any atom is -0.460 e. The largest absolute Gasteiger partial charge is 0.460 e. The van der Waals surface area contributed by atoms with Crippen molar-refractivity contribution in [3.63, 3.8) is 0 Å². The second kappa shape index (κ2) is 5.53. The first kappa shape index (κ1) is 12.5. The Morgan fingerprint density at radius 1 is 1.69 bits per heavy atom. The molecule has 0 aromatic heterocycles. The number of urea groups is 1. The standard InChI is InChI=1S/C11H18N2O3/c1-4-9(7-16-10(14)8(2)3)13-6-5-12-11(13)15/h9H,2,4-7H2,1,3H3,(H,12,15). The first-order chi connectivity index (χ1) is 7.56. The van der Waals surface area contributed by atoms with Crippen molar-refractivity contribution < 1.29 is 14.3 Å². The van der Waals surface area contributed by atoms with Crippen LogP contribution in [0.15, 0.2) is 12.2 Å². The van der Waals surface area contributed by atoms with Crippen LogP contribution in [0.25, 0.3) is 0 Å². The van der Waals surface area contributed by atoms with Gasteiger partial charge in [0, 0.05) is 18.7 Å². The van der Waals surface area contributed by atoms with E-state index in [0.29, 0.717) is 18.7 Å². The first-order valence-corrected chi connectivity index (χ1v) is 5.43. The van der Waals surface area contributed by atoms with E-state index < -0.39 is 5.97 Å². The third-order valence-corrected chi connectivity index (χ3v) is 2.56. The van der Waals surface area contributed by atoms with Gasteiger partial charge in [-0.2, -0.15) is 0 Å². The molecule has 1 aliphatic heterocycles. The van der Waals surface area contributed by atoms with Gasteiger partial charge >= 0.3 is 12.0 Å². The quantitative estimate of drug-likeness (QED) is 0.560. The molecule has 1 aliphatic rings. The molecule has 1 unspecified atom stereocenters. The molecule has 1 heterocycles. The number of ether oxygens (including phenoxy) is 1. The predicted molar refractivity (Wildman–Crippen MR) is 60.0 cm³/mol. The van der Waals surface area contributed by atoms with Crippen LogP contribution in [0.3, 0.4) is 0 Å². The summed E-state index contributed by atoms with van der Waals surface area (Å²) >= 11 is 0. The summed E-state index contributed by atoms with van der Waals surface area (Å²) in [5.41, 5.74) is 0.376. The van der Waals surface area contributed by atoms with E-state index in [4.69, 9.17) is 4.74 Å². The van der Waals surface area contributed by atoms with Gasteiger partial charge in [0.05, 0.1) is 6.04 Å². The van der Waals surface area contributed by atoms with E-state index in [9.17, 15) is 9.59 Å². The lowest BCUT2D eigenvalue weighted by molar-refractivity contribution is -0.140. The number of nitrogens with zero attached hydrogens (tertiary/aromatic N) is 1. The van der Waals surface area contributed by atoms with Gasteiger partial charge in [-0.1, -0.05) is 13.5 Å². The zero-order valence-corrected chi connectivity index (χ0v) is 9.78. The van der Waals surface area contributed by atoms with Crippen LogP contribution in [0.1, 0.15) is 20.3 Å². The van der Waals surface area contributed by atoms with Gasteiger partial charge in [0.25, 0.3) is 0 Å². The lowest BCUT2D eigenvalue weighted by Crippen LogP contribution is -2.41. The molecule has 0 spiro atoms. The summed E-state index contributed by atoms with van der Waals surface area (Å²) in [5, 5.41) is 2.72. The summed E-state index contributed by atoms with van der Waals surface area (Å²) in [4.78, 5) is 24.3. The Morgan fingerprint density at radius 3 is 2.81 bits per heavy atom. The van der Waals surface area contributed by atoms with Crippen molar-refractivity contribution >= 4 is 12.0 Å². The molecule has 1 rings (SSSR count). The van der Waals surface area contributed by atoms with Gasteiger partial charge < -0.3 is 15.0 Å². The van der Waals surface area contributed by atoms with E-state index >= 15 is 0 Å². The van der Waals surface area contributed by atoms with E-state index in [1.54, 1.807) is 11.8 Å². The van der Waals surface area contributed by atoms with Crippen molar-refractivity contribution in [1.29, 1.82) is 0 Å². The van der Waals surface area contributed by atoms with Crippen LogP contribution in [0, 0.1) is 0 Å². The Hall–Kier alpha value is -1.52. The maximum atomic E-state index is 11.4. The predicted octanol–water partition coefficient (Wildman–Crippen LogP) is 0.909. The molecule has 0 aromatic rings. The smallest absolute Gasteiger partial charge is 0.333 e. The van der Waals surface area contributed by atoms with Gasteiger partial charge in [0.1, 0.15) is 6.61 Å². The third kappa shape index (κ3) is 2.98. The minimum absolute atomic E-state index is 0.0502. The number of hydrogen-bond acceptors (Lipinski definition) is 3. The fourth-order valence-corrected chi connectivity index (χ4v) is 1.56. The number of carbonyl (C=O) groups excluding carboxylic acids is 2. The highest BCUT2D eigenvalue weighted by Gasteiger charge is 2.27. The van der Waals surface area contributed by atoms with E-state index in [2.05, 4.69) is 11.9 Å². The van der Waals surface area contributed by atoms with Crippen molar-refractivity contribution in [1.82, 2.24) is 10.2 Å². The average molecular weight is 226 g/mol. The molecule has 0 saturated carbocycles. The molecule has 1 saturated heterocycles. The highest BCUT2D eigenvalue weighted by atomic mass is 16.5. The van der Waals surface area contributed by atoms with Gasteiger partial charge in [0.15, 0.2) is 0 Å². The van der Waals surface area contributed by atoms with Gasteiger partial charge in [-0.25, -0.2) is 9.59 Å². The van der Waals surface area contributed by atoms with Crippen LogP contribution >= 0.6 is 0 Å². The van der Waals surface area contributed by atoms with E-state index in [1.165, 1.54) is 0 Å². The Labute approximate surface area is 95.4 Å². The maximum absolute atomic E-state index is 11.4. The molecular formula is C11H18N2O3. The summed E-state index contributed by atoms with van der Waals surface area (Å²) in [7, 11) is 0. The molecule has 1 fully saturated rings. The van der Waals surface area contributed by atoms with Crippen LogP contribution in [0.2, 0.25) is 0 Å². The normalized spacial score (nSPS) is 16.9. The molecule has 1 atom stereocenters. The number of nitrogens with one attached hydrogen (secondary N) is 1. The highest BCUT2D eigenvalue weighted by Crippen LogP contribution is 2.09. The number of rotatable bonds is 5. The minimum atomic E-state index is -0.405. The van der Waals surface area contributed by atoms with Crippen LogP contribution in [0.4, 0.5) is 4.79 Å². The van der Waals surface area contributed by atoms with Crippen LogP contribution in [-0.4, -0.2) is 42.6 Å². The maximum Gasteiger partial charge on any atom is 0.333 e. The van der Waals surface area contributed by atoms with Crippen molar-refractivity contribution in [3.05, 3.63) is 12.2 Å². The molecule has 1 N–H and O–H groups in total. The SMILES string of the molecule is C=C(C)C(=O)OCC(CC)N1CCNC1=O. The van der Waals surface area contributed by atoms with Crippen LogP contribution < -0.4 is 5.32 Å². The zero-order valence-electron chi connectivity index (χ0n) is 9.78. The van der Waals surface area contributed by atoms with Crippen LogP contribution in [0.5, 0.6) is 0 Å². The molecule has 5 heteroatoms. The van der Waals surface area contributed by atoms with Gasteiger partial charge in [-0.3, -0.25) is 0 Å². The fraction of sp³-hybridized carbons (Fsp3) is 0.636. The number of esters is 1. The highest BCUT2D eigenvalue weighted by molar-refractivity contribution is 5.87. The Balaban J connectivity index is 2.46. The summed E-state index contributed by atoms with van der Waals surface area (Å²) in [6.07, 6.45) is 0.761. The summed E-state index contributed by atoms with van der Waals surface area (Å²) in [6.45, 7) is 8.63. The molecule has 90 valence electrons. The van der Waals surface area contributed by atoms with E-state index in [-0.39, 0.29) is 18.7 Å². The Morgan fingerprint density at radius 2 is 2.38 bits per heavy atom. The number of hydrogen-bond donors (Lipinski definition) is 1. The van der Waals surface area contributed by atoms with Crippen molar-refractivity contribution in [3.8, 4) is 0 Å². The fourth-order valence-electron chi connectivity index (χ4n) is 1.56. The molecule has 16 heavy (non-hydrogen) atoms. The number of amides is 2. The van der Waals surface area contributed by atoms with Crippen molar-refractivity contribution in [2.45, 2.75) is 26.3 Å². The number of carbonyl (C=O) groups is 2. The van der Waals surface area contributed by atoms with Crippen molar-refractivity contribution in [2.24, 2.45) is 0 Å². The summed E-state index contributed by atoms with van der Waals surface area (Å²) < 4.78 is 5.06. The van der Waals surface area contributed by atoms with Gasteiger partial charge in [0.2, 0.25) is 0 Å². The lowest BCUT2D eigenvalue weighted by Gasteiger charge is -2.25. The Bertz CT molecular complexity index is 302. The molecule has 0 bridgehead atoms. The second-order valence-electron chi connectivity index (χ2n) is 3.87. The van der Waals surface area contributed by atoms with Gasteiger partial charge in [-0.15, -0.1) is 0 Å². The Kier molecular flexibility index (Phi) is 4.34. The monoisotopic (exact) mass is 226 g/mol. The van der Waals surface area contributed by atoms with Crippen LogP contribution in [-0.2, 0) is 9.53 Å². The molecule has 5 nitrogen and oxygen atoms in total. The van der Waals surface area contributed by atoms with E-state index in [0.717, 1.165) is 6.42 Å². The first-order valence-electron chi connectivity index (χ1n) is 5.43. The second-order valence-corrected chi connectivity index (χ2v) is 3.87. The topological polar surface area (TPSA) is 58.6 Å². The lowest BCUT2D eigenvalue weighted by atomic mass is 10.2. The van der Waals surface area contributed by atoms with Gasteiger partial charge in [-0.05, 0) is 13.3 Å². The van der Waals surface area contributed by atoms with Crippen molar-refractivity contribution in [2.75, 3.05) is 19.7 Å². The summed E-state index contributed by atoms with van der Waals surface area (Å²) in [6, 6.07) is -0.135. The molecular weight excluding hydrogens is 208 g/mol. The van der Waals surface area contributed by atoms with E-state index in [1.807, 2.05) is 6.92 Å². The average Bonchev–Trinajstić information content (AvgIpc) is 2.65. The summed E-state index contributed by atoms with van der Waals surface area (Å²) in [5.74, 6) is -0.405.